The van der Waals surface area contributed by atoms with Crippen LogP contribution in [0.3, 0.4) is 0 Å². The fourth-order valence-electron chi connectivity index (χ4n) is 3.86. The lowest BCUT2D eigenvalue weighted by Crippen LogP contribution is -2.46. The fraction of sp³-hybridized carbons (Fsp3) is 0.600. The highest BCUT2D eigenvalue weighted by Crippen LogP contribution is 2.29. The molecule has 1 aliphatic carbocycles. The molecule has 0 spiro atoms. The second kappa shape index (κ2) is 8.00. The number of aliphatic hydroxyl groups excluding tert-OH is 1. The van der Waals surface area contributed by atoms with Crippen LogP contribution in [0, 0.1) is 18.8 Å². The van der Waals surface area contributed by atoms with Gasteiger partial charge in [-0.3, -0.25) is 9.59 Å². The van der Waals surface area contributed by atoms with Gasteiger partial charge in [-0.25, -0.2) is 0 Å². The topological polar surface area (TPSA) is 69.6 Å². The maximum absolute atomic E-state index is 12.5. The summed E-state index contributed by atoms with van der Waals surface area (Å²) >= 11 is 0. The molecule has 1 aliphatic heterocycles. The predicted octanol–water partition coefficient (Wildman–Crippen LogP) is 2.01. The zero-order chi connectivity index (χ0) is 17.8. The molecule has 0 bridgehead atoms. The Kier molecular flexibility index (Phi) is 5.74. The van der Waals surface area contributed by atoms with Gasteiger partial charge in [0.25, 0.3) is 0 Å². The van der Waals surface area contributed by atoms with E-state index in [0.29, 0.717) is 32.5 Å². The van der Waals surface area contributed by atoms with Crippen LogP contribution >= 0.6 is 0 Å². The van der Waals surface area contributed by atoms with Crippen LogP contribution in [0.15, 0.2) is 24.3 Å². The maximum Gasteiger partial charge on any atom is 0.228 e. The molecule has 2 fully saturated rings. The van der Waals surface area contributed by atoms with Crippen LogP contribution in [-0.4, -0.2) is 41.0 Å². The van der Waals surface area contributed by atoms with Crippen molar-refractivity contribution >= 4 is 11.8 Å². The van der Waals surface area contributed by atoms with E-state index < -0.39 is 6.10 Å². The van der Waals surface area contributed by atoms with Gasteiger partial charge in [0.2, 0.25) is 11.8 Å². The van der Waals surface area contributed by atoms with Gasteiger partial charge in [-0.1, -0.05) is 29.8 Å². The van der Waals surface area contributed by atoms with Gasteiger partial charge in [0, 0.05) is 25.6 Å². The molecule has 2 aliphatic rings. The number of aryl methyl sites for hydroxylation is 1. The van der Waals surface area contributed by atoms with Crippen LogP contribution in [0.1, 0.15) is 43.2 Å². The lowest BCUT2D eigenvalue weighted by Gasteiger charge is -2.33. The minimum Gasteiger partial charge on any atom is -0.392 e. The third-order valence-corrected chi connectivity index (χ3v) is 5.56. The van der Waals surface area contributed by atoms with E-state index in [4.69, 9.17) is 0 Å². The number of amides is 2. The zero-order valence-corrected chi connectivity index (χ0v) is 14.9. The summed E-state index contributed by atoms with van der Waals surface area (Å²) in [5.74, 6) is -0.105. The molecule has 2 atom stereocenters. The van der Waals surface area contributed by atoms with Crippen LogP contribution < -0.4 is 5.32 Å². The van der Waals surface area contributed by atoms with E-state index >= 15 is 0 Å². The van der Waals surface area contributed by atoms with Crippen molar-refractivity contribution in [2.45, 2.75) is 51.7 Å². The molecular weight excluding hydrogens is 316 g/mol. The Hall–Kier alpha value is -1.88. The molecule has 1 saturated carbocycles. The average molecular weight is 344 g/mol. The summed E-state index contributed by atoms with van der Waals surface area (Å²) in [5, 5.41) is 12.9. The highest BCUT2D eigenvalue weighted by Gasteiger charge is 2.36. The number of aliphatic hydroxyl groups is 1. The molecule has 5 nitrogen and oxygen atoms in total. The molecule has 1 aromatic carbocycles. The van der Waals surface area contributed by atoms with Crippen molar-refractivity contribution in [1.29, 1.82) is 0 Å². The first-order chi connectivity index (χ1) is 12.0. The number of nitrogens with zero attached hydrogens (tertiary/aromatic N) is 1. The predicted molar refractivity (Wildman–Crippen MR) is 95.7 cm³/mol. The Morgan fingerprint density at radius 1 is 1.12 bits per heavy atom. The zero-order valence-electron chi connectivity index (χ0n) is 14.9. The van der Waals surface area contributed by atoms with Crippen molar-refractivity contribution in [2.75, 3.05) is 13.1 Å². The van der Waals surface area contributed by atoms with Crippen molar-refractivity contribution in [3.8, 4) is 0 Å². The van der Waals surface area contributed by atoms with Crippen molar-refractivity contribution in [3.63, 3.8) is 0 Å². The molecular formula is C20H28N2O3. The van der Waals surface area contributed by atoms with Gasteiger partial charge in [-0.05, 0) is 44.6 Å². The van der Waals surface area contributed by atoms with Crippen molar-refractivity contribution < 1.29 is 14.7 Å². The third-order valence-electron chi connectivity index (χ3n) is 5.56. The monoisotopic (exact) mass is 344 g/mol. The van der Waals surface area contributed by atoms with Gasteiger partial charge in [-0.15, -0.1) is 0 Å². The number of hydrogen-bond acceptors (Lipinski definition) is 3. The van der Waals surface area contributed by atoms with Crippen LogP contribution in [0.5, 0.6) is 0 Å². The first-order valence-electron chi connectivity index (χ1n) is 9.34. The lowest BCUT2D eigenvalue weighted by molar-refractivity contribution is -0.141. The number of benzene rings is 1. The molecule has 136 valence electrons. The molecule has 2 amide bonds. The van der Waals surface area contributed by atoms with E-state index in [1.54, 1.807) is 0 Å². The van der Waals surface area contributed by atoms with E-state index in [1.165, 1.54) is 5.56 Å². The lowest BCUT2D eigenvalue weighted by atomic mass is 9.94. The number of likely N-dealkylation sites (tertiary alicyclic amines) is 1. The normalized spacial score (nSPS) is 24.3. The third kappa shape index (κ3) is 4.40. The molecule has 1 saturated heterocycles. The van der Waals surface area contributed by atoms with E-state index in [0.717, 1.165) is 24.8 Å². The number of carbonyl (C=O) groups excluding carboxylic acids is 2. The van der Waals surface area contributed by atoms with E-state index in [1.807, 2.05) is 36.1 Å². The number of carbonyl (C=O) groups is 2. The Balaban J connectivity index is 1.44. The summed E-state index contributed by atoms with van der Waals surface area (Å²) < 4.78 is 0. The van der Waals surface area contributed by atoms with Crippen molar-refractivity contribution in [1.82, 2.24) is 10.2 Å². The van der Waals surface area contributed by atoms with E-state index in [-0.39, 0.29) is 23.7 Å². The summed E-state index contributed by atoms with van der Waals surface area (Å²) in [6.45, 7) is 3.82. The number of hydrogen-bond donors (Lipinski definition) is 2. The van der Waals surface area contributed by atoms with Crippen LogP contribution in [0.4, 0.5) is 0 Å². The molecule has 5 heteroatoms. The summed E-state index contributed by atoms with van der Waals surface area (Å²) in [6, 6.07) is 8.15. The van der Waals surface area contributed by atoms with Crippen LogP contribution in [-0.2, 0) is 16.1 Å². The van der Waals surface area contributed by atoms with Gasteiger partial charge >= 0.3 is 0 Å². The molecule has 2 N–H and O–H groups in total. The standard InChI is InChI=1S/C20H28N2O3/c1-14-5-7-15(8-6-14)13-21-19(24)16-9-11-22(12-10-16)20(25)17-3-2-4-18(17)23/h5-8,16-18,23H,2-4,9-13H2,1H3,(H,21,24). The SMILES string of the molecule is Cc1ccc(CNC(=O)C2CCN(C(=O)C3CCCC3O)CC2)cc1. The van der Waals surface area contributed by atoms with Gasteiger partial charge < -0.3 is 15.3 Å². The molecule has 3 rings (SSSR count). The first kappa shape index (κ1) is 17.9. The quantitative estimate of drug-likeness (QED) is 0.878. The van der Waals surface area contributed by atoms with Crippen LogP contribution in [0.25, 0.3) is 0 Å². The molecule has 1 aromatic rings. The highest BCUT2D eigenvalue weighted by molar-refractivity contribution is 5.81. The second-order valence-corrected chi connectivity index (χ2v) is 7.41. The first-order valence-corrected chi connectivity index (χ1v) is 9.34. The molecule has 25 heavy (non-hydrogen) atoms. The fourth-order valence-corrected chi connectivity index (χ4v) is 3.86. The largest absolute Gasteiger partial charge is 0.392 e. The van der Waals surface area contributed by atoms with Gasteiger partial charge in [-0.2, -0.15) is 0 Å². The molecule has 1 heterocycles. The Bertz CT molecular complexity index is 606. The average Bonchev–Trinajstić information content (AvgIpc) is 3.06. The minimum atomic E-state index is -0.483. The highest BCUT2D eigenvalue weighted by atomic mass is 16.3. The van der Waals surface area contributed by atoms with Crippen molar-refractivity contribution in [3.05, 3.63) is 35.4 Å². The number of piperidine rings is 1. The maximum atomic E-state index is 12.5. The second-order valence-electron chi connectivity index (χ2n) is 7.41. The van der Waals surface area contributed by atoms with E-state index in [2.05, 4.69) is 5.32 Å². The number of rotatable bonds is 4. The molecule has 2 unspecified atom stereocenters. The Morgan fingerprint density at radius 2 is 1.80 bits per heavy atom. The summed E-state index contributed by atoms with van der Waals surface area (Å²) in [7, 11) is 0. The van der Waals surface area contributed by atoms with Gasteiger partial charge in [0.1, 0.15) is 0 Å². The smallest absolute Gasteiger partial charge is 0.228 e. The molecule has 0 aromatic heterocycles. The Morgan fingerprint density at radius 3 is 2.40 bits per heavy atom. The van der Waals surface area contributed by atoms with Crippen LogP contribution in [0.2, 0.25) is 0 Å². The van der Waals surface area contributed by atoms with Gasteiger partial charge in [0.05, 0.1) is 12.0 Å². The molecule has 0 radical (unpaired) electrons. The Labute approximate surface area is 149 Å². The van der Waals surface area contributed by atoms with Crippen molar-refractivity contribution in [2.24, 2.45) is 11.8 Å². The summed E-state index contributed by atoms with van der Waals surface area (Å²) in [4.78, 5) is 26.7. The number of nitrogens with one attached hydrogen (secondary N) is 1. The summed E-state index contributed by atoms with van der Waals surface area (Å²) in [6.07, 6.45) is 3.37. The minimum absolute atomic E-state index is 0.0250. The summed E-state index contributed by atoms with van der Waals surface area (Å²) in [5.41, 5.74) is 2.31. The van der Waals surface area contributed by atoms with E-state index in [9.17, 15) is 14.7 Å². The van der Waals surface area contributed by atoms with Gasteiger partial charge in [0.15, 0.2) is 0 Å².